The molecule has 0 bridgehead atoms. The maximum absolute atomic E-state index is 12.2. The van der Waals surface area contributed by atoms with E-state index >= 15 is 0 Å². The van der Waals surface area contributed by atoms with Crippen molar-refractivity contribution in [3.63, 3.8) is 0 Å². The number of carbonyl (C=O) groups is 2. The van der Waals surface area contributed by atoms with Crippen LogP contribution >= 0.6 is 0 Å². The number of aromatic nitrogens is 2. The highest BCUT2D eigenvalue weighted by molar-refractivity contribution is 6.04. The second-order valence-electron chi connectivity index (χ2n) is 4.82. The number of hydrogen-bond acceptors (Lipinski definition) is 3. The first kappa shape index (κ1) is 14.0. The molecule has 0 fully saturated rings. The molecular weight excluding hydrogens is 254 g/mol. The normalized spacial score (nSPS) is 10.4. The number of para-hydroxylation sites is 1. The number of anilines is 1. The van der Waals surface area contributed by atoms with Gasteiger partial charge in [-0.15, -0.1) is 0 Å². The van der Waals surface area contributed by atoms with Gasteiger partial charge in [0.25, 0.3) is 5.91 Å². The number of hydrogen-bond donors (Lipinski definition) is 1. The Balaban J connectivity index is 2.29. The molecule has 0 unspecified atom stereocenters. The number of rotatable bonds is 2. The van der Waals surface area contributed by atoms with Gasteiger partial charge in [0.05, 0.1) is 0 Å². The SMILES string of the molecule is CC(=O)n1nc(C(=O)Nc2c(C)cccc2C)cc1C. The molecule has 0 spiro atoms. The highest BCUT2D eigenvalue weighted by atomic mass is 16.2. The molecule has 2 rings (SSSR count). The molecule has 0 saturated heterocycles. The largest absolute Gasteiger partial charge is 0.320 e. The van der Waals surface area contributed by atoms with Crippen molar-refractivity contribution in [2.24, 2.45) is 0 Å². The lowest BCUT2D eigenvalue weighted by Gasteiger charge is -2.10. The molecule has 1 N–H and O–H groups in total. The van der Waals surface area contributed by atoms with E-state index in [0.717, 1.165) is 16.8 Å². The van der Waals surface area contributed by atoms with Gasteiger partial charge in [-0.2, -0.15) is 5.10 Å². The van der Waals surface area contributed by atoms with Crippen molar-refractivity contribution in [3.8, 4) is 0 Å². The molecule has 1 heterocycles. The van der Waals surface area contributed by atoms with E-state index < -0.39 is 0 Å². The molecule has 0 radical (unpaired) electrons. The van der Waals surface area contributed by atoms with Crippen LogP contribution in [0.5, 0.6) is 0 Å². The van der Waals surface area contributed by atoms with Crippen LogP contribution in [0.3, 0.4) is 0 Å². The van der Waals surface area contributed by atoms with Crippen molar-refractivity contribution >= 4 is 17.5 Å². The van der Waals surface area contributed by atoms with E-state index in [1.54, 1.807) is 13.0 Å². The maximum atomic E-state index is 12.2. The zero-order valence-corrected chi connectivity index (χ0v) is 12.0. The predicted octanol–water partition coefficient (Wildman–Crippen LogP) is 2.72. The third-order valence-electron chi connectivity index (χ3n) is 3.14. The van der Waals surface area contributed by atoms with Crippen LogP contribution in [0.25, 0.3) is 0 Å². The minimum absolute atomic E-state index is 0.214. The molecule has 104 valence electrons. The summed E-state index contributed by atoms with van der Waals surface area (Å²) in [6.45, 7) is 7.02. The Bertz CT molecular complexity index is 666. The quantitative estimate of drug-likeness (QED) is 0.913. The van der Waals surface area contributed by atoms with Crippen molar-refractivity contribution in [2.45, 2.75) is 27.7 Å². The maximum Gasteiger partial charge on any atom is 0.276 e. The Morgan fingerprint density at radius 1 is 1.15 bits per heavy atom. The summed E-state index contributed by atoms with van der Waals surface area (Å²) in [5.41, 5.74) is 3.64. The van der Waals surface area contributed by atoms with Gasteiger partial charge in [-0.3, -0.25) is 9.59 Å². The summed E-state index contributed by atoms with van der Waals surface area (Å²) in [5, 5.41) is 6.87. The molecule has 20 heavy (non-hydrogen) atoms. The van der Waals surface area contributed by atoms with Crippen LogP contribution < -0.4 is 5.32 Å². The zero-order valence-electron chi connectivity index (χ0n) is 12.0. The number of benzene rings is 1. The van der Waals surface area contributed by atoms with Crippen LogP contribution in [0.2, 0.25) is 0 Å². The van der Waals surface area contributed by atoms with E-state index in [1.807, 2.05) is 32.0 Å². The van der Waals surface area contributed by atoms with Gasteiger partial charge in [-0.05, 0) is 38.0 Å². The van der Waals surface area contributed by atoms with Crippen LogP contribution in [0.4, 0.5) is 5.69 Å². The van der Waals surface area contributed by atoms with Crippen LogP contribution in [-0.4, -0.2) is 21.6 Å². The van der Waals surface area contributed by atoms with Crippen LogP contribution in [0.1, 0.15) is 39.0 Å². The summed E-state index contributed by atoms with van der Waals surface area (Å²) in [5.74, 6) is -0.529. The fourth-order valence-corrected chi connectivity index (χ4v) is 2.09. The van der Waals surface area contributed by atoms with Gasteiger partial charge in [-0.25, -0.2) is 4.68 Å². The molecule has 0 aliphatic heterocycles. The Kier molecular flexibility index (Phi) is 3.70. The Morgan fingerprint density at radius 3 is 2.25 bits per heavy atom. The van der Waals surface area contributed by atoms with Crippen molar-refractivity contribution < 1.29 is 9.59 Å². The van der Waals surface area contributed by atoms with Crippen LogP contribution in [-0.2, 0) is 0 Å². The molecule has 1 aromatic carbocycles. The molecule has 5 nitrogen and oxygen atoms in total. The Labute approximate surface area is 117 Å². The van der Waals surface area contributed by atoms with E-state index in [1.165, 1.54) is 11.6 Å². The first-order chi connectivity index (χ1) is 9.40. The average molecular weight is 271 g/mol. The standard InChI is InChI=1S/C15H17N3O2/c1-9-6-5-7-10(2)14(9)16-15(20)13-8-11(3)18(17-13)12(4)19/h5-8H,1-4H3,(H,16,20). The second kappa shape index (κ2) is 5.28. The smallest absolute Gasteiger partial charge is 0.276 e. The van der Waals surface area contributed by atoms with Gasteiger partial charge < -0.3 is 5.32 Å². The van der Waals surface area contributed by atoms with Gasteiger partial charge >= 0.3 is 0 Å². The van der Waals surface area contributed by atoms with Crippen molar-refractivity contribution in [1.82, 2.24) is 9.78 Å². The molecule has 5 heteroatoms. The highest BCUT2D eigenvalue weighted by Crippen LogP contribution is 2.20. The topological polar surface area (TPSA) is 64.0 Å². The Hall–Kier alpha value is -2.43. The Morgan fingerprint density at radius 2 is 1.75 bits per heavy atom. The van der Waals surface area contributed by atoms with E-state index in [4.69, 9.17) is 0 Å². The lowest BCUT2D eigenvalue weighted by atomic mass is 10.1. The zero-order chi connectivity index (χ0) is 14.9. The number of nitrogens with one attached hydrogen (secondary N) is 1. The van der Waals surface area contributed by atoms with E-state index in [9.17, 15) is 9.59 Å². The summed E-state index contributed by atoms with van der Waals surface area (Å²) in [7, 11) is 0. The van der Waals surface area contributed by atoms with E-state index in [2.05, 4.69) is 10.4 Å². The molecule has 1 aromatic heterocycles. The lowest BCUT2D eigenvalue weighted by Crippen LogP contribution is -2.16. The van der Waals surface area contributed by atoms with E-state index in [-0.39, 0.29) is 17.5 Å². The molecule has 1 amide bonds. The van der Waals surface area contributed by atoms with Crippen LogP contribution in [0.15, 0.2) is 24.3 Å². The van der Waals surface area contributed by atoms with Crippen LogP contribution in [0, 0.1) is 20.8 Å². The van der Waals surface area contributed by atoms with Crippen molar-refractivity contribution in [1.29, 1.82) is 0 Å². The number of aryl methyl sites for hydroxylation is 3. The predicted molar refractivity (Wildman–Crippen MR) is 77.1 cm³/mol. The van der Waals surface area contributed by atoms with Gasteiger partial charge in [0.1, 0.15) is 0 Å². The minimum atomic E-state index is -0.314. The molecule has 2 aromatic rings. The molecule has 0 atom stereocenters. The average Bonchev–Trinajstić information content (AvgIpc) is 2.76. The van der Waals surface area contributed by atoms with Gasteiger partial charge in [-0.1, -0.05) is 18.2 Å². The number of nitrogens with zero attached hydrogens (tertiary/aromatic N) is 2. The molecule has 0 saturated carbocycles. The third-order valence-corrected chi connectivity index (χ3v) is 3.14. The first-order valence-electron chi connectivity index (χ1n) is 6.35. The number of carbonyl (C=O) groups excluding carboxylic acids is 2. The highest BCUT2D eigenvalue weighted by Gasteiger charge is 2.15. The third kappa shape index (κ3) is 2.61. The monoisotopic (exact) mass is 271 g/mol. The molecular formula is C15H17N3O2. The van der Waals surface area contributed by atoms with Crippen molar-refractivity contribution in [2.75, 3.05) is 5.32 Å². The van der Waals surface area contributed by atoms with Gasteiger partial charge in [0.2, 0.25) is 5.91 Å². The minimum Gasteiger partial charge on any atom is -0.320 e. The fourth-order valence-electron chi connectivity index (χ4n) is 2.09. The molecule has 0 aliphatic carbocycles. The summed E-state index contributed by atoms with van der Waals surface area (Å²) in [6, 6.07) is 7.41. The summed E-state index contributed by atoms with van der Waals surface area (Å²) in [4.78, 5) is 23.5. The fraction of sp³-hybridized carbons (Fsp3) is 0.267. The van der Waals surface area contributed by atoms with Gasteiger partial charge in [0, 0.05) is 18.3 Å². The first-order valence-corrected chi connectivity index (χ1v) is 6.35. The van der Waals surface area contributed by atoms with Gasteiger partial charge in [0.15, 0.2) is 5.69 Å². The van der Waals surface area contributed by atoms with Crippen molar-refractivity contribution in [3.05, 3.63) is 46.8 Å². The molecule has 0 aliphatic rings. The summed E-state index contributed by atoms with van der Waals surface area (Å²) < 4.78 is 1.22. The summed E-state index contributed by atoms with van der Waals surface area (Å²) in [6.07, 6.45) is 0. The summed E-state index contributed by atoms with van der Waals surface area (Å²) >= 11 is 0. The second-order valence-corrected chi connectivity index (χ2v) is 4.82. The lowest BCUT2D eigenvalue weighted by molar-refractivity contribution is 0.0918. The number of amides is 1. The van der Waals surface area contributed by atoms with E-state index in [0.29, 0.717) is 5.69 Å².